The second-order valence-electron chi connectivity index (χ2n) is 1.45. The molecule has 3 nitrogen and oxygen atoms in total. The van der Waals surface area contributed by atoms with E-state index in [1.165, 1.54) is 10.8 Å². The molecule has 0 aromatic rings. The van der Waals surface area contributed by atoms with E-state index in [1.54, 1.807) is 6.08 Å². The number of hydrogen-bond acceptors (Lipinski definition) is 3. The van der Waals surface area contributed by atoms with Gasteiger partial charge in [-0.3, -0.25) is 4.57 Å². The zero-order chi connectivity index (χ0) is 6.91. The highest BCUT2D eigenvalue weighted by atomic mass is 33.1. The van der Waals surface area contributed by atoms with Crippen LogP contribution >= 0.6 is 29.2 Å². The fourth-order valence-electron chi connectivity index (χ4n) is 0.401. The third kappa shape index (κ3) is 2.02. The molecular formula is C3H5O3PS2. The predicted molar refractivity (Wildman–Crippen MR) is 40.2 cm³/mol. The van der Waals surface area contributed by atoms with Crippen LogP contribution in [-0.4, -0.2) is 15.5 Å². The van der Waals surface area contributed by atoms with Gasteiger partial charge in [0, 0.05) is 5.75 Å². The molecule has 0 aromatic heterocycles. The molecule has 1 aliphatic rings. The Morgan fingerprint density at radius 2 is 2.33 bits per heavy atom. The molecule has 0 bridgehead atoms. The predicted octanol–water partition coefficient (Wildman–Crippen LogP) is 1.40. The Bertz CT molecular complexity index is 183. The summed E-state index contributed by atoms with van der Waals surface area (Å²) in [6.45, 7) is 0. The Labute approximate surface area is 60.5 Å². The van der Waals surface area contributed by atoms with E-state index in [-0.39, 0.29) is 4.65 Å². The first kappa shape index (κ1) is 7.69. The first-order valence-electron chi connectivity index (χ1n) is 2.16. The molecule has 0 saturated carbocycles. The third-order valence-electron chi connectivity index (χ3n) is 0.757. The summed E-state index contributed by atoms with van der Waals surface area (Å²) in [4.78, 5) is 17.1. The fraction of sp³-hybridized carbons (Fsp3) is 0.333. The van der Waals surface area contributed by atoms with E-state index in [9.17, 15) is 4.57 Å². The summed E-state index contributed by atoms with van der Waals surface area (Å²) in [7, 11) is -1.31. The van der Waals surface area contributed by atoms with Crippen LogP contribution in [0.4, 0.5) is 0 Å². The minimum atomic E-state index is -3.91. The van der Waals surface area contributed by atoms with Crippen LogP contribution in [-0.2, 0) is 4.57 Å². The Morgan fingerprint density at radius 3 is 2.56 bits per heavy atom. The normalized spacial score (nSPS) is 20.0. The molecule has 0 unspecified atom stereocenters. The van der Waals surface area contributed by atoms with Crippen molar-refractivity contribution in [1.82, 2.24) is 0 Å². The van der Waals surface area contributed by atoms with Crippen molar-refractivity contribution in [3.8, 4) is 0 Å². The highest BCUT2D eigenvalue weighted by Crippen LogP contribution is 2.57. The third-order valence-corrected chi connectivity index (χ3v) is 4.93. The topological polar surface area (TPSA) is 57.5 Å². The molecule has 6 heteroatoms. The van der Waals surface area contributed by atoms with Crippen molar-refractivity contribution in [2.75, 3.05) is 5.75 Å². The average Bonchev–Trinajstić information content (AvgIpc) is 2.08. The van der Waals surface area contributed by atoms with Gasteiger partial charge in [0.1, 0.15) is 4.65 Å². The summed E-state index contributed by atoms with van der Waals surface area (Å²) < 4.78 is 10.6. The zero-order valence-corrected chi connectivity index (χ0v) is 6.88. The Balaban J connectivity index is 2.73. The van der Waals surface area contributed by atoms with Crippen LogP contribution in [0.2, 0.25) is 0 Å². The molecule has 2 N–H and O–H groups in total. The summed E-state index contributed by atoms with van der Waals surface area (Å²) in [5, 5.41) is 0. The van der Waals surface area contributed by atoms with Crippen molar-refractivity contribution < 1.29 is 14.4 Å². The van der Waals surface area contributed by atoms with Gasteiger partial charge in [-0.15, -0.1) is 0 Å². The van der Waals surface area contributed by atoms with Crippen LogP contribution in [0.3, 0.4) is 0 Å². The minimum Gasteiger partial charge on any atom is -0.321 e. The Morgan fingerprint density at radius 1 is 1.67 bits per heavy atom. The van der Waals surface area contributed by atoms with Gasteiger partial charge in [0.15, 0.2) is 0 Å². The van der Waals surface area contributed by atoms with Gasteiger partial charge in [-0.1, -0.05) is 16.9 Å². The van der Waals surface area contributed by atoms with Gasteiger partial charge >= 0.3 is 7.60 Å². The van der Waals surface area contributed by atoms with Gasteiger partial charge in [-0.05, 0) is 10.8 Å². The highest BCUT2D eigenvalue weighted by molar-refractivity contribution is 8.79. The molecular weight excluding hydrogens is 179 g/mol. The van der Waals surface area contributed by atoms with Gasteiger partial charge in [0.2, 0.25) is 0 Å². The van der Waals surface area contributed by atoms with E-state index in [2.05, 4.69) is 0 Å². The van der Waals surface area contributed by atoms with Crippen LogP contribution in [0.5, 0.6) is 0 Å². The maximum absolute atomic E-state index is 10.4. The fourth-order valence-corrected chi connectivity index (χ4v) is 4.25. The summed E-state index contributed by atoms with van der Waals surface area (Å²) in [5.74, 6) is 0.700. The smallest absolute Gasteiger partial charge is 0.321 e. The Kier molecular flexibility index (Phi) is 2.29. The van der Waals surface area contributed by atoms with E-state index >= 15 is 0 Å². The molecule has 0 amide bonds. The summed E-state index contributed by atoms with van der Waals surface area (Å²) >= 11 is 0. The average molecular weight is 184 g/mol. The molecule has 9 heavy (non-hydrogen) atoms. The summed E-state index contributed by atoms with van der Waals surface area (Å²) in [5.41, 5.74) is 0. The van der Waals surface area contributed by atoms with E-state index in [0.717, 1.165) is 10.8 Å². The van der Waals surface area contributed by atoms with Gasteiger partial charge < -0.3 is 9.79 Å². The van der Waals surface area contributed by atoms with Crippen LogP contribution in [0, 0.1) is 0 Å². The zero-order valence-electron chi connectivity index (χ0n) is 4.35. The van der Waals surface area contributed by atoms with E-state index in [0.29, 0.717) is 5.75 Å². The van der Waals surface area contributed by atoms with Crippen molar-refractivity contribution in [1.29, 1.82) is 0 Å². The SMILES string of the molecule is O=P(O)(O)C1=CCSS1. The van der Waals surface area contributed by atoms with Crippen molar-refractivity contribution in [3.63, 3.8) is 0 Å². The maximum Gasteiger partial charge on any atom is 0.363 e. The largest absolute Gasteiger partial charge is 0.363 e. The lowest BCUT2D eigenvalue weighted by atomic mass is 10.8. The second-order valence-corrected chi connectivity index (χ2v) is 5.71. The van der Waals surface area contributed by atoms with Crippen molar-refractivity contribution >= 4 is 29.2 Å². The van der Waals surface area contributed by atoms with E-state index < -0.39 is 7.60 Å². The molecule has 0 saturated heterocycles. The summed E-state index contributed by atoms with van der Waals surface area (Å²) in [6, 6.07) is 0. The lowest BCUT2D eigenvalue weighted by molar-refractivity contribution is 0.385. The second kappa shape index (κ2) is 2.68. The quantitative estimate of drug-likeness (QED) is 0.476. The standard InChI is InChI=1S/C3H5O3PS2/c4-7(5,6)3-1-2-8-9-3/h1H,2H2,(H2,4,5,6). The molecule has 0 atom stereocenters. The van der Waals surface area contributed by atoms with Gasteiger partial charge in [-0.25, -0.2) is 0 Å². The number of hydrogen-bond donors (Lipinski definition) is 2. The molecule has 0 aliphatic carbocycles. The Hall–Kier alpha value is 0.590. The molecule has 0 aromatic carbocycles. The van der Waals surface area contributed by atoms with Crippen LogP contribution in [0.1, 0.15) is 0 Å². The molecule has 1 heterocycles. The van der Waals surface area contributed by atoms with Gasteiger partial charge in [0.25, 0.3) is 0 Å². The number of rotatable bonds is 1. The first-order valence-corrected chi connectivity index (χ1v) is 6.09. The van der Waals surface area contributed by atoms with E-state index in [4.69, 9.17) is 9.79 Å². The van der Waals surface area contributed by atoms with Crippen molar-refractivity contribution in [2.45, 2.75) is 0 Å². The molecule has 0 radical (unpaired) electrons. The highest BCUT2D eigenvalue weighted by Gasteiger charge is 2.24. The minimum absolute atomic E-state index is 0.201. The van der Waals surface area contributed by atoms with Crippen molar-refractivity contribution in [3.05, 3.63) is 10.7 Å². The van der Waals surface area contributed by atoms with Gasteiger partial charge in [0.05, 0.1) is 0 Å². The first-order chi connectivity index (χ1) is 4.11. The monoisotopic (exact) mass is 184 g/mol. The molecule has 0 fully saturated rings. The summed E-state index contributed by atoms with van der Waals surface area (Å²) in [6.07, 6.45) is 1.57. The lowest BCUT2D eigenvalue weighted by Gasteiger charge is -1.99. The van der Waals surface area contributed by atoms with Crippen LogP contribution in [0.15, 0.2) is 10.7 Å². The molecule has 52 valence electrons. The van der Waals surface area contributed by atoms with Crippen molar-refractivity contribution in [2.24, 2.45) is 0 Å². The molecule has 1 aliphatic heterocycles. The van der Waals surface area contributed by atoms with Gasteiger partial charge in [-0.2, -0.15) is 0 Å². The van der Waals surface area contributed by atoms with E-state index in [1.807, 2.05) is 0 Å². The molecule has 1 rings (SSSR count). The molecule has 0 spiro atoms. The maximum atomic E-state index is 10.4. The van der Waals surface area contributed by atoms with Crippen LogP contribution in [0.25, 0.3) is 0 Å². The lowest BCUT2D eigenvalue weighted by Crippen LogP contribution is -1.74. The van der Waals surface area contributed by atoms with Crippen LogP contribution < -0.4 is 0 Å².